The van der Waals surface area contributed by atoms with Gasteiger partial charge in [0.05, 0.1) is 32.1 Å². The number of hydrogen-bond donors (Lipinski definition) is 2. The number of nitriles is 1. The lowest BCUT2D eigenvalue weighted by Gasteiger charge is -2.33. The summed E-state index contributed by atoms with van der Waals surface area (Å²) < 4.78 is 12.3. The number of fused-ring (bicyclic) bond motifs is 1. The second kappa shape index (κ2) is 13.4. The fourth-order valence-corrected chi connectivity index (χ4v) is 6.99. The van der Waals surface area contributed by atoms with Gasteiger partial charge < -0.3 is 24.7 Å². The first-order chi connectivity index (χ1) is 20.1. The Morgan fingerprint density at radius 2 is 2.02 bits per heavy atom. The van der Waals surface area contributed by atoms with Gasteiger partial charge in [-0.15, -0.1) is 28.1 Å². The van der Waals surface area contributed by atoms with E-state index in [0.717, 1.165) is 24.8 Å². The zero-order valence-corrected chi connectivity index (χ0v) is 26.2. The van der Waals surface area contributed by atoms with Crippen LogP contribution in [-0.2, 0) is 30.7 Å². The lowest BCUT2D eigenvalue weighted by molar-refractivity contribution is -0.113. The average Bonchev–Trinajstić information content (AvgIpc) is 3.53. The summed E-state index contributed by atoms with van der Waals surface area (Å²) in [6.07, 6.45) is 4.53. The van der Waals surface area contributed by atoms with Crippen molar-refractivity contribution in [1.29, 1.82) is 5.26 Å². The van der Waals surface area contributed by atoms with E-state index in [1.54, 1.807) is 28.8 Å². The molecular formula is C30H36N6O4S2. The molecule has 1 aromatic carbocycles. The third-order valence-electron chi connectivity index (χ3n) is 7.35. The van der Waals surface area contributed by atoms with Crippen molar-refractivity contribution in [2.75, 3.05) is 25.3 Å². The maximum Gasteiger partial charge on any atom is 0.251 e. The molecule has 0 spiro atoms. The number of hydrogen-bond acceptors (Lipinski definition) is 9. The Balaban J connectivity index is 1.39. The maximum absolute atomic E-state index is 12.9. The van der Waals surface area contributed by atoms with Gasteiger partial charge in [0.25, 0.3) is 5.91 Å². The normalized spacial score (nSPS) is 14.4. The van der Waals surface area contributed by atoms with Crippen molar-refractivity contribution in [1.82, 2.24) is 20.1 Å². The molecule has 1 aliphatic rings. The summed E-state index contributed by atoms with van der Waals surface area (Å²) >= 11 is 2.75. The van der Waals surface area contributed by atoms with Gasteiger partial charge in [0.1, 0.15) is 11.1 Å². The Labute approximate surface area is 254 Å². The van der Waals surface area contributed by atoms with Gasteiger partial charge in [0.15, 0.2) is 22.5 Å². The minimum Gasteiger partial charge on any atom is -0.493 e. The summed E-state index contributed by atoms with van der Waals surface area (Å²) in [5.74, 6) is 1.61. The Bertz CT molecular complexity index is 1510. The average molecular weight is 609 g/mol. The predicted molar refractivity (Wildman–Crippen MR) is 164 cm³/mol. The number of thioether (sulfide) groups is 1. The number of ether oxygens (including phenoxy) is 2. The van der Waals surface area contributed by atoms with Gasteiger partial charge in [-0.2, -0.15) is 5.26 Å². The number of carbonyl (C=O) groups excluding carboxylic acids is 2. The number of thiophene rings is 1. The van der Waals surface area contributed by atoms with Crippen LogP contribution < -0.4 is 20.1 Å². The van der Waals surface area contributed by atoms with Crippen LogP contribution in [0.5, 0.6) is 11.5 Å². The first kappa shape index (κ1) is 31.1. The SMILES string of the molecule is C=CCn1c(CNC(=O)c2ccc(OC)c(OC)c2)nnc1SCC(=O)Nc1sc2c(c1C#N)CCC(C(C)(C)C)C2. The predicted octanol–water partition coefficient (Wildman–Crippen LogP) is 5.23. The number of anilines is 1. The molecule has 12 heteroatoms. The van der Waals surface area contributed by atoms with E-state index in [9.17, 15) is 14.9 Å². The van der Waals surface area contributed by atoms with Gasteiger partial charge in [-0.3, -0.25) is 9.59 Å². The molecule has 3 aromatic rings. The van der Waals surface area contributed by atoms with Crippen LogP contribution in [0, 0.1) is 22.7 Å². The van der Waals surface area contributed by atoms with Crippen LogP contribution in [0.3, 0.4) is 0 Å². The van der Waals surface area contributed by atoms with Crippen molar-refractivity contribution in [3.05, 3.63) is 58.2 Å². The highest BCUT2D eigenvalue weighted by Crippen LogP contribution is 2.44. The highest BCUT2D eigenvalue weighted by Gasteiger charge is 2.32. The smallest absolute Gasteiger partial charge is 0.251 e. The number of rotatable bonds is 11. The van der Waals surface area contributed by atoms with Crippen molar-refractivity contribution in [2.45, 2.75) is 58.3 Å². The number of carbonyl (C=O) groups is 2. The summed E-state index contributed by atoms with van der Waals surface area (Å²) in [6.45, 7) is 11.1. The number of benzene rings is 1. The van der Waals surface area contributed by atoms with E-state index in [0.29, 0.717) is 51.1 Å². The molecule has 2 heterocycles. The second-order valence-electron chi connectivity index (χ2n) is 11.0. The molecule has 1 atom stereocenters. The van der Waals surface area contributed by atoms with E-state index < -0.39 is 0 Å². The lowest BCUT2D eigenvalue weighted by atomic mass is 9.72. The first-order valence-corrected chi connectivity index (χ1v) is 15.4. The third-order valence-corrected chi connectivity index (χ3v) is 9.48. The number of nitrogens with one attached hydrogen (secondary N) is 2. The van der Waals surface area contributed by atoms with Crippen LogP contribution in [0.1, 0.15) is 59.4 Å². The molecule has 0 saturated carbocycles. The van der Waals surface area contributed by atoms with Crippen LogP contribution in [0.25, 0.3) is 0 Å². The van der Waals surface area contributed by atoms with Crippen molar-refractivity contribution in [2.24, 2.45) is 11.3 Å². The number of amides is 2. The highest BCUT2D eigenvalue weighted by atomic mass is 32.2. The quantitative estimate of drug-likeness (QED) is 0.224. The molecule has 4 rings (SSSR count). The Morgan fingerprint density at radius 3 is 2.69 bits per heavy atom. The second-order valence-corrected chi connectivity index (χ2v) is 13.1. The molecule has 2 amide bonds. The summed E-state index contributed by atoms with van der Waals surface area (Å²) in [5.41, 5.74) is 2.27. The molecule has 0 saturated heterocycles. The van der Waals surface area contributed by atoms with E-state index in [4.69, 9.17) is 9.47 Å². The molecule has 0 aliphatic heterocycles. The summed E-state index contributed by atoms with van der Waals surface area (Å²) in [4.78, 5) is 26.9. The molecule has 0 radical (unpaired) electrons. The van der Waals surface area contributed by atoms with E-state index in [2.05, 4.69) is 54.3 Å². The maximum atomic E-state index is 12.9. The van der Waals surface area contributed by atoms with Crippen LogP contribution in [-0.4, -0.2) is 46.6 Å². The Hall–Kier alpha value is -3.82. The largest absolute Gasteiger partial charge is 0.493 e. The van der Waals surface area contributed by atoms with E-state index in [1.165, 1.54) is 42.2 Å². The van der Waals surface area contributed by atoms with Crippen LogP contribution in [0.4, 0.5) is 5.00 Å². The summed E-state index contributed by atoms with van der Waals surface area (Å²) in [5, 5.41) is 25.3. The van der Waals surface area contributed by atoms with Gasteiger partial charge in [-0.1, -0.05) is 38.6 Å². The monoisotopic (exact) mass is 608 g/mol. The van der Waals surface area contributed by atoms with Crippen LogP contribution in [0.15, 0.2) is 36.0 Å². The fraction of sp³-hybridized carbons (Fsp3) is 0.433. The lowest BCUT2D eigenvalue weighted by Crippen LogP contribution is -2.26. The number of nitrogens with zero attached hydrogens (tertiary/aromatic N) is 4. The Morgan fingerprint density at radius 1 is 1.26 bits per heavy atom. The molecule has 42 heavy (non-hydrogen) atoms. The van der Waals surface area contributed by atoms with Gasteiger partial charge in [-0.05, 0) is 54.4 Å². The van der Waals surface area contributed by atoms with Crippen LogP contribution >= 0.6 is 23.1 Å². The third kappa shape index (κ3) is 6.97. The van der Waals surface area contributed by atoms with Gasteiger partial charge >= 0.3 is 0 Å². The molecule has 1 aliphatic carbocycles. The van der Waals surface area contributed by atoms with Crippen molar-refractivity contribution < 1.29 is 19.1 Å². The topological polar surface area (TPSA) is 131 Å². The summed E-state index contributed by atoms with van der Waals surface area (Å²) in [7, 11) is 3.04. The Kier molecular flexibility index (Phi) is 9.96. The van der Waals surface area contributed by atoms with Crippen molar-refractivity contribution in [3.63, 3.8) is 0 Å². The zero-order chi connectivity index (χ0) is 30.4. The van der Waals surface area contributed by atoms with E-state index in [-0.39, 0.29) is 29.5 Å². The van der Waals surface area contributed by atoms with E-state index in [1.807, 2.05) is 0 Å². The standard InChI is InChI=1S/C30H36N6O4S2/c1-7-12-36-25(16-32-27(38)18-8-11-22(39-5)23(13-18)40-6)34-35-29(36)41-17-26(37)33-28-21(15-31)20-10-9-19(30(2,3)4)14-24(20)42-28/h7-8,11,13,19H,1,9-10,12,14,16-17H2,2-6H3,(H,32,38)(H,33,37). The van der Waals surface area contributed by atoms with Crippen LogP contribution in [0.2, 0.25) is 0 Å². The molecule has 1 unspecified atom stereocenters. The molecule has 0 fully saturated rings. The molecule has 0 bridgehead atoms. The minimum atomic E-state index is -0.307. The van der Waals surface area contributed by atoms with Gasteiger partial charge in [0.2, 0.25) is 5.91 Å². The molecule has 222 valence electrons. The first-order valence-electron chi connectivity index (χ1n) is 13.6. The fourth-order valence-electron chi connectivity index (χ4n) is 4.93. The zero-order valence-electron chi connectivity index (χ0n) is 24.6. The van der Waals surface area contributed by atoms with Gasteiger partial charge in [-0.25, -0.2) is 0 Å². The number of methoxy groups -OCH3 is 2. The molecule has 10 nitrogen and oxygen atoms in total. The number of allylic oxidation sites excluding steroid dienone is 1. The molecule has 2 N–H and O–H groups in total. The molecule has 2 aromatic heterocycles. The van der Waals surface area contributed by atoms with E-state index >= 15 is 0 Å². The molecular weight excluding hydrogens is 573 g/mol. The summed E-state index contributed by atoms with van der Waals surface area (Å²) in [6, 6.07) is 7.24. The van der Waals surface area contributed by atoms with Gasteiger partial charge in [0, 0.05) is 17.0 Å². The highest BCUT2D eigenvalue weighted by molar-refractivity contribution is 7.99. The van der Waals surface area contributed by atoms with Crippen molar-refractivity contribution >= 4 is 39.9 Å². The van der Waals surface area contributed by atoms with Crippen molar-refractivity contribution in [3.8, 4) is 17.6 Å². The minimum absolute atomic E-state index is 0.0886. The number of aromatic nitrogens is 3.